The molecule has 0 aliphatic carbocycles. The van der Waals surface area contributed by atoms with Crippen LogP contribution < -0.4 is 0 Å². The molecule has 3 rings (SSSR count). The van der Waals surface area contributed by atoms with Gasteiger partial charge in [0.05, 0.1) is 6.04 Å². The van der Waals surface area contributed by atoms with Crippen LogP contribution in [0.25, 0.3) is 0 Å². The van der Waals surface area contributed by atoms with Crippen LogP contribution in [0.1, 0.15) is 24.1 Å². The van der Waals surface area contributed by atoms with Gasteiger partial charge in [0.1, 0.15) is 0 Å². The van der Waals surface area contributed by atoms with Crippen LogP contribution in [-0.2, 0) is 0 Å². The number of likely N-dealkylation sites (N-methyl/N-ethyl adjacent to an activating group) is 1. The summed E-state index contributed by atoms with van der Waals surface area (Å²) in [6.07, 6.45) is 0. The van der Waals surface area contributed by atoms with Gasteiger partial charge in [0.2, 0.25) is 0 Å². The van der Waals surface area contributed by atoms with Gasteiger partial charge in [-0.05, 0) is 32.1 Å². The number of hydrogen-bond donors (Lipinski definition) is 0. The average molecular weight is 280 g/mol. The van der Waals surface area contributed by atoms with Gasteiger partial charge in [0.25, 0.3) is 0 Å². The summed E-state index contributed by atoms with van der Waals surface area (Å²) in [6.45, 7) is 3.47. The maximum Gasteiger partial charge on any atom is 0.0605 e. The molecular weight excluding hydrogens is 256 g/mol. The Morgan fingerprint density at radius 2 is 1.38 bits per heavy atom. The van der Waals surface area contributed by atoms with Gasteiger partial charge in [-0.15, -0.1) is 0 Å². The lowest BCUT2D eigenvalue weighted by Gasteiger charge is -2.53. The molecule has 0 amide bonds. The highest BCUT2D eigenvalue weighted by Gasteiger charge is 2.41. The molecule has 2 unspecified atom stereocenters. The molecule has 0 saturated carbocycles. The first kappa shape index (κ1) is 14.3. The predicted molar refractivity (Wildman–Crippen MR) is 88.4 cm³/mol. The Kier molecular flexibility index (Phi) is 4.09. The number of likely N-dealkylation sites (tertiary alicyclic amines) is 1. The molecule has 0 spiro atoms. The molecule has 1 aliphatic heterocycles. The van der Waals surface area contributed by atoms with Crippen molar-refractivity contribution in [1.29, 1.82) is 0 Å². The van der Waals surface area contributed by atoms with E-state index in [2.05, 4.69) is 91.5 Å². The fraction of sp³-hybridized carbons (Fsp3) is 0.368. The zero-order chi connectivity index (χ0) is 14.8. The molecule has 2 heteroatoms. The summed E-state index contributed by atoms with van der Waals surface area (Å²) in [5, 5.41) is 0. The number of nitrogens with zero attached hydrogens (tertiary/aromatic N) is 2. The Morgan fingerprint density at radius 1 is 0.905 bits per heavy atom. The molecule has 0 aromatic heterocycles. The van der Waals surface area contributed by atoms with Gasteiger partial charge >= 0.3 is 0 Å². The molecule has 2 atom stereocenters. The third-order valence-electron chi connectivity index (χ3n) is 4.70. The summed E-state index contributed by atoms with van der Waals surface area (Å²) in [4.78, 5) is 4.95. The van der Waals surface area contributed by atoms with Crippen LogP contribution in [0.3, 0.4) is 0 Å². The second kappa shape index (κ2) is 6.00. The van der Waals surface area contributed by atoms with Crippen molar-refractivity contribution in [1.82, 2.24) is 9.80 Å². The Morgan fingerprint density at radius 3 is 1.76 bits per heavy atom. The van der Waals surface area contributed by atoms with E-state index in [1.165, 1.54) is 11.1 Å². The number of hydrogen-bond acceptors (Lipinski definition) is 2. The van der Waals surface area contributed by atoms with Crippen LogP contribution in [0.5, 0.6) is 0 Å². The maximum absolute atomic E-state index is 2.61. The predicted octanol–water partition coefficient (Wildman–Crippen LogP) is 3.41. The highest BCUT2D eigenvalue weighted by molar-refractivity contribution is 5.33. The molecule has 2 aromatic rings. The highest BCUT2D eigenvalue weighted by Crippen LogP contribution is 2.36. The zero-order valence-corrected chi connectivity index (χ0v) is 13.1. The summed E-state index contributed by atoms with van der Waals surface area (Å²) < 4.78 is 0. The van der Waals surface area contributed by atoms with Crippen LogP contribution >= 0.6 is 0 Å². The third kappa shape index (κ3) is 2.74. The summed E-state index contributed by atoms with van der Waals surface area (Å²) >= 11 is 0. The van der Waals surface area contributed by atoms with Gasteiger partial charge in [-0.1, -0.05) is 60.7 Å². The lowest BCUT2D eigenvalue weighted by Crippen LogP contribution is -2.64. The van der Waals surface area contributed by atoms with Gasteiger partial charge in [0, 0.05) is 18.6 Å². The van der Waals surface area contributed by atoms with Crippen LogP contribution in [0, 0.1) is 0 Å². The van der Waals surface area contributed by atoms with Crippen LogP contribution in [0.4, 0.5) is 0 Å². The first-order valence-corrected chi connectivity index (χ1v) is 7.70. The SMILES string of the molecule is CC1C(N(C)C)CN1C(c1ccccc1)c1ccccc1. The van der Waals surface area contributed by atoms with Gasteiger partial charge in [0.15, 0.2) is 0 Å². The van der Waals surface area contributed by atoms with Crippen molar-refractivity contribution in [3.63, 3.8) is 0 Å². The highest BCUT2D eigenvalue weighted by atomic mass is 15.3. The van der Waals surface area contributed by atoms with Crippen molar-refractivity contribution in [2.45, 2.75) is 25.0 Å². The van der Waals surface area contributed by atoms with Crippen LogP contribution in [0.15, 0.2) is 60.7 Å². The summed E-state index contributed by atoms with van der Waals surface area (Å²) in [5.74, 6) is 0. The van der Waals surface area contributed by atoms with Crippen molar-refractivity contribution < 1.29 is 0 Å². The van der Waals surface area contributed by atoms with E-state index in [0.29, 0.717) is 18.1 Å². The quantitative estimate of drug-likeness (QED) is 0.847. The van der Waals surface area contributed by atoms with E-state index in [-0.39, 0.29) is 0 Å². The number of rotatable bonds is 4. The average Bonchev–Trinajstić information content (AvgIpc) is 2.51. The Bertz CT molecular complexity index is 525. The molecule has 0 bridgehead atoms. The zero-order valence-electron chi connectivity index (χ0n) is 13.1. The first-order chi connectivity index (χ1) is 10.2. The van der Waals surface area contributed by atoms with E-state index < -0.39 is 0 Å². The fourth-order valence-corrected chi connectivity index (χ4v) is 3.40. The standard InChI is InChI=1S/C19H24N2/c1-15-18(20(2)3)14-21(15)19(16-10-6-4-7-11-16)17-12-8-5-9-13-17/h4-13,15,18-19H,14H2,1-3H3. The monoisotopic (exact) mass is 280 g/mol. The molecule has 1 saturated heterocycles. The molecule has 0 N–H and O–H groups in total. The normalized spacial score (nSPS) is 22.5. The topological polar surface area (TPSA) is 6.48 Å². The Hall–Kier alpha value is -1.64. The summed E-state index contributed by atoms with van der Waals surface area (Å²) in [5.41, 5.74) is 2.76. The Balaban J connectivity index is 1.92. The molecule has 1 heterocycles. The maximum atomic E-state index is 2.61. The lowest BCUT2D eigenvalue weighted by atomic mass is 9.88. The van der Waals surface area contributed by atoms with Crippen LogP contribution in [-0.4, -0.2) is 42.5 Å². The summed E-state index contributed by atoms with van der Waals surface area (Å²) in [6, 6.07) is 23.3. The van der Waals surface area contributed by atoms with E-state index in [1.807, 2.05) is 0 Å². The second-order valence-corrected chi connectivity index (χ2v) is 6.19. The summed E-state index contributed by atoms with van der Waals surface area (Å²) in [7, 11) is 4.36. The molecule has 1 aliphatic rings. The van der Waals surface area contributed by atoms with Crippen molar-refractivity contribution in [2.75, 3.05) is 20.6 Å². The molecule has 1 fully saturated rings. The van der Waals surface area contributed by atoms with Gasteiger partial charge in [-0.2, -0.15) is 0 Å². The minimum atomic E-state index is 0.360. The smallest absolute Gasteiger partial charge is 0.0605 e. The minimum absolute atomic E-state index is 0.360. The molecule has 21 heavy (non-hydrogen) atoms. The Labute approximate surface area is 128 Å². The van der Waals surface area contributed by atoms with Crippen LogP contribution in [0.2, 0.25) is 0 Å². The molecule has 110 valence electrons. The van der Waals surface area contributed by atoms with Crippen molar-refractivity contribution in [2.24, 2.45) is 0 Å². The van der Waals surface area contributed by atoms with Gasteiger partial charge in [-0.3, -0.25) is 4.90 Å². The lowest BCUT2D eigenvalue weighted by molar-refractivity contribution is -0.0200. The largest absolute Gasteiger partial charge is 0.304 e. The van der Waals surface area contributed by atoms with Gasteiger partial charge in [-0.25, -0.2) is 0 Å². The van der Waals surface area contributed by atoms with E-state index in [9.17, 15) is 0 Å². The van der Waals surface area contributed by atoms with E-state index in [0.717, 1.165) is 6.54 Å². The van der Waals surface area contributed by atoms with E-state index >= 15 is 0 Å². The van der Waals surface area contributed by atoms with Crippen molar-refractivity contribution >= 4 is 0 Å². The fourth-order valence-electron chi connectivity index (χ4n) is 3.40. The van der Waals surface area contributed by atoms with E-state index in [1.54, 1.807) is 0 Å². The minimum Gasteiger partial charge on any atom is -0.304 e. The molecule has 2 aromatic carbocycles. The second-order valence-electron chi connectivity index (χ2n) is 6.19. The number of benzene rings is 2. The molecular formula is C19H24N2. The third-order valence-corrected chi connectivity index (χ3v) is 4.70. The van der Waals surface area contributed by atoms with Crippen molar-refractivity contribution in [3.05, 3.63) is 71.8 Å². The van der Waals surface area contributed by atoms with E-state index in [4.69, 9.17) is 0 Å². The molecule has 0 radical (unpaired) electrons. The molecule has 2 nitrogen and oxygen atoms in total. The van der Waals surface area contributed by atoms with Crippen molar-refractivity contribution in [3.8, 4) is 0 Å². The van der Waals surface area contributed by atoms with Gasteiger partial charge < -0.3 is 4.90 Å². The first-order valence-electron chi connectivity index (χ1n) is 7.70.